The minimum absolute atomic E-state index is 0.101. The van der Waals surface area contributed by atoms with E-state index >= 15 is 0 Å². The molecule has 5 rings (SSSR count). The number of hydrogen-bond acceptors (Lipinski definition) is 4. The van der Waals surface area contributed by atoms with Gasteiger partial charge in [-0.3, -0.25) is 4.40 Å². The SMILES string of the molecule is Oc1ccc(Cc2nc3c(Cc4ccccc4)nc(/C=C/c4ccccc4)cn3c2O)cc1. The van der Waals surface area contributed by atoms with E-state index in [0.717, 1.165) is 28.1 Å². The van der Waals surface area contributed by atoms with Crippen LogP contribution in [0.15, 0.2) is 91.1 Å². The Morgan fingerprint density at radius 1 is 0.667 bits per heavy atom. The summed E-state index contributed by atoms with van der Waals surface area (Å²) in [7, 11) is 0. The van der Waals surface area contributed by atoms with Gasteiger partial charge in [-0.1, -0.05) is 78.9 Å². The molecule has 162 valence electrons. The quantitative estimate of drug-likeness (QED) is 0.371. The summed E-state index contributed by atoms with van der Waals surface area (Å²) in [6, 6.07) is 27.1. The van der Waals surface area contributed by atoms with Gasteiger partial charge in [0.2, 0.25) is 5.88 Å². The molecule has 5 aromatic rings. The molecular weight excluding hydrogens is 410 g/mol. The fraction of sp³-hybridized carbons (Fsp3) is 0.0714. The molecular formula is C28H23N3O2. The van der Waals surface area contributed by atoms with Crippen LogP contribution in [0.5, 0.6) is 11.6 Å². The van der Waals surface area contributed by atoms with Gasteiger partial charge in [-0.05, 0) is 34.9 Å². The van der Waals surface area contributed by atoms with Gasteiger partial charge in [0.05, 0.1) is 11.4 Å². The van der Waals surface area contributed by atoms with E-state index in [1.165, 1.54) is 0 Å². The molecule has 0 fully saturated rings. The van der Waals surface area contributed by atoms with Crippen LogP contribution in [-0.4, -0.2) is 24.6 Å². The van der Waals surface area contributed by atoms with Crippen LogP contribution in [-0.2, 0) is 12.8 Å². The Morgan fingerprint density at radius 3 is 2.03 bits per heavy atom. The van der Waals surface area contributed by atoms with E-state index in [-0.39, 0.29) is 11.6 Å². The lowest BCUT2D eigenvalue weighted by atomic mass is 10.1. The smallest absolute Gasteiger partial charge is 0.219 e. The van der Waals surface area contributed by atoms with Gasteiger partial charge in [0.15, 0.2) is 5.65 Å². The van der Waals surface area contributed by atoms with Crippen molar-refractivity contribution in [2.75, 3.05) is 0 Å². The summed E-state index contributed by atoms with van der Waals surface area (Å²) < 4.78 is 1.71. The van der Waals surface area contributed by atoms with Crippen molar-refractivity contribution >= 4 is 17.8 Å². The van der Waals surface area contributed by atoms with Crippen molar-refractivity contribution in [2.24, 2.45) is 0 Å². The second kappa shape index (κ2) is 9.01. The van der Waals surface area contributed by atoms with Gasteiger partial charge in [-0.15, -0.1) is 0 Å². The zero-order valence-corrected chi connectivity index (χ0v) is 18.0. The highest BCUT2D eigenvalue weighted by Crippen LogP contribution is 2.26. The number of nitrogens with zero attached hydrogens (tertiary/aromatic N) is 3. The fourth-order valence-corrected chi connectivity index (χ4v) is 3.82. The van der Waals surface area contributed by atoms with Crippen molar-refractivity contribution in [2.45, 2.75) is 12.8 Å². The summed E-state index contributed by atoms with van der Waals surface area (Å²) in [5, 5.41) is 20.6. The summed E-state index contributed by atoms with van der Waals surface area (Å²) in [6.07, 6.45) is 6.82. The van der Waals surface area contributed by atoms with Crippen LogP contribution in [0.4, 0.5) is 0 Å². The summed E-state index contributed by atoms with van der Waals surface area (Å²) in [6.45, 7) is 0. The second-order valence-corrected chi connectivity index (χ2v) is 7.94. The minimum atomic E-state index is 0.101. The Balaban J connectivity index is 1.57. The predicted molar refractivity (Wildman–Crippen MR) is 130 cm³/mol. The molecule has 2 aromatic heterocycles. The first-order chi connectivity index (χ1) is 16.2. The fourth-order valence-electron chi connectivity index (χ4n) is 3.82. The van der Waals surface area contributed by atoms with Crippen molar-refractivity contribution in [1.82, 2.24) is 14.4 Å². The lowest BCUT2D eigenvalue weighted by Gasteiger charge is -2.06. The molecule has 0 aliphatic heterocycles. The number of aromatic nitrogens is 3. The molecule has 33 heavy (non-hydrogen) atoms. The summed E-state index contributed by atoms with van der Waals surface area (Å²) in [4.78, 5) is 9.62. The van der Waals surface area contributed by atoms with E-state index < -0.39 is 0 Å². The van der Waals surface area contributed by atoms with Crippen LogP contribution in [0.3, 0.4) is 0 Å². The van der Waals surface area contributed by atoms with E-state index in [9.17, 15) is 10.2 Å². The molecule has 0 spiro atoms. The minimum Gasteiger partial charge on any atom is -0.508 e. The van der Waals surface area contributed by atoms with Gasteiger partial charge in [0.1, 0.15) is 11.4 Å². The van der Waals surface area contributed by atoms with Gasteiger partial charge >= 0.3 is 0 Å². The van der Waals surface area contributed by atoms with Crippen molar-refractivity contribution in [3.63, 3.8) is 0 Å². The molecule has 2 N–H and O–H groups in total. The molecule has 0 aliphatic carbocycles. The number of phenolic OH excluding ortho intramolecular Hbond substituents is 1. The predicted octanol–water partition coefficient (Wildman–Crippen LogP) is 5.49. The topological polar surface area (TPSA) is 70.7 Å². The second-order valence-electron chi connectivity index (χ2n) is 7.94. The van der Waals surface area contributed by atoms with Crippen LogP contribution in [0.2, 0.25) is 0 Å². The number of phenols is 1. The van der Waals surface area contributed by atoms with Gasteiger partial charge in [-0.25, -0.2) is 9.97 Å². The van der Waals surface area contributed by atoms with Crippen molar-refractivity contribution in [1.29, 1.82) is 0 Å². The Kier molecular flexibility index (Phi) is 5.60. The standard InChI is InChI=1S/C28H23N3O2/c32-24-15-12-22(13-16-24)18-26-28(33)31-19-23(14-11-20-7-3-1-4-8-20)29-25(27(31)30-26)17-21-9-5-2-6-10-21/h1-16,19,32-33H,17-18H2/b14-11+. The zero-order valence-electron chi connectivity index (χ0n) is 18.0. The third kappa shape index (κ3) is 4.62. The first kappa shape index (κ1) is 20.5. The lowest BCUT2D eigenvalue weighted by molar-refractivity contribution is 0.442. The summed E-state index contributed by atoms with van der Waals surface area (Å²) in [5.74, 6) is 0.311. The molecule has 0 unspecified atom stereocenters. The van der Waals surface area contributed by atoms with Crippen LogP contribution < -0.4 is 0 Å². The first-order valence-electron chi connectivity index (χ1n) is 10.8. The normalized spacial score (nSPS) is 11.4. The zero-order chi connectivity index (χ0) is 22.6. The monoisotopic (exact) mass is 433 g/mol. The number of rotatable bonds is 6. The van der Waals surface area contributed by atoms with E-state index in [1.54, 1.807) is 16.5 Å². The molecule has 3 aromatic carbocycles. The maximum absolute atomic E-state index is 11.0. The van der Waals surface area contributed by atoms with E-state index in [4.69, 9.17) is 9.97 Å². The number of benzene rings is 3. The Morgan fingerprint density at radius 2 is 1.30 bits per heavy atom. The Bertz CT molecular complexity index is 1410. The van der Waals surface area contributed by atoms with E-state index in [1.807, 2.05) is 79.0 Å². The largest absolute Gasteiger partial charge is 0.508 e. The lowest BCUT2D eigenvalue weighted by Crippen LogP contribution is -2.00. The van der Waals surface area contributed by atoms with Crippen LogP contribution in [0.1, 0.15) is 33.8 Å². The molecule has 0 aliphatic rings. The maximum Gasteiger partial charge on any atom is 0.219 e. The highest BCUT2D eigenvalue weighted by Gasteiger charge is 2.17. The van der Waals surface area contributed by atoms with E-state index in [0.29, 0.717) is 24.2 Å². The van der Waals surface area contributed by atoms with Crippen molar-refractivity contribution < 1.29 is 10.2 Å². The van der Waals surface area contributed by atoms with E-state index in [2.05, 4.69) is 12.1 Å². The molecule has 0 saturated heterocycles. The van der Waals surface area contributed by atoms with Crippen LogP contribution in [0.25, 0.3) is 17.8 Å². The number of aromatic hydroxyl groups is 2. The average molecular weight is 434 g/mol. The molecule has 5 nitrogen and oxygen atoms in total. The first-order valence-corrected chi connectivity index (χ1v) is 10.8. The molecule has 0 atom stereocenters. The van der Waals surface area contributed by atoms with Crippen LogP contribution >= 0.6 is 0 Å². The molecule has 5 heteroatoms. The summed E-state index contributed by atoms with van der Waals surface area (Å²) in [5.41, 5.74) is 5.90. The van der Waals surface area contributed by atoms with Crippen molar-refractivity contribution in [3.8, 4) is 11.6 Å². The maximum atomic E-state index is 11.0. The summed E-state index contributed by atoms with van der Waals surface area (Å²) >= 11 is 0. The van der Waals surface area contributed by atoms with Crippen LogP contribution in [0, 0.1) is 0 Å². The molecule has 0 radical (unpaired) electrons. The Labute approximate surface area is 192 Å². The Hall–Kier alpha value is -4.38. The third-order valence-corrected chi connectivity index (χ3v) is 5.51. The number of fused-ring (bicyclic) bond motifs is 1. The highest BCUT2D eigenvalue weighted by atomic mass is 16.3. The van der Waals surface area contributed by atoms with Gasteiger partial charge < -0.3 is 10.2 Å². The van der Waals surface area contributed by atoms with Gasteiger partial charge in [0, 0.05) is 19.0 Å². The molecule has 2 heterocycles. The molecule has 0 bridgehead atoms. The van der Waals surface area contributed by atoms with Crippen molar-refractivity contribution in [3.05, 3.63) is 125 Å². The highest BCUT2D eigenvalue weighted by molar-refractivity contribution is 5.68. The van der Waals surface area contributed by atoms with Gasteiger partial charge in [-0.2, -0.15) is 0 Å². The third-order valence-electron chi connectivity index (χ3n) is 5.51. The number of imidazole rings is 1. The number of hydrogen-bond donors (Lipinski definition) is 2. The van der Waals surface area contributed by atoms with Gasteiger partial charge in [0.25, 0.3) is 0 Å². The molecule has 0 saturated carbocycles. The molecule has 0 amide bonds. The average Bonchev–Trinajstić information content (AvgIpc) is 3.16.